The smallest absolute Gasteiger partial charge is 0.222 e. The third kappa shape index (κ3) is 2.77. The highest BCUT2D eigenvalue weighted by Crippen LogP contribution is 2.34. The van der Waals surface area contributed by atoms with Crippen LogP contribution >= 0.6 is 0 Å². The summed E-state index contributed by atoms with van der Waals surface area (Å²) in [5, 5.41) is 9.84. The number of nitrogens with two attached hydrogens (primary N) is 1. The van der Waals surface area contributed by atoms with Gasteiger partial charge in [-0.1, -0.05) is 12.1 Å². The Balaban J connectivity index is 2.40. The van der Waals surface area contributed by atoms with E-state index in [1.165, 1.54) is 6.07 Å². The minimum Gasteiger partial charge on any atom is -0.389 e. The molecular formula is C15H21FN2O2. The SMILES string of the molecule is CC(O)c1cccc(F)c1N1CC(C(N)=O)CCC1C. The number of aliphatic hydroxyl groups excluding tert-OH is 1. The van der Waals surface area contributed by atoms with Crippen LogP contribution in [0.5, 0.6) is 0 Å². The summed E-state index contributed by atoms with van der Waals surface area (Å²) >= 11 is 0. The first-order valence-electron chi connectivity index (χ1n) is 6.94. The van der Waals surface area contributed by atoms with Crippen LogP contribution in [0.1, 0.15) is 38.4 Å². The number of benzene rings is 1. The molecular weight excluding hydrogens is 259 g/mol. The fourth-order valence-corrected chi connectivity index (χ4v) is 2.82. The van der Waals surface area contributed by atoms with Gasteiger partial charge in [0.25, 0.3) is 0 Å². The normalized spacial score (nSPS) is 24.5. The highest BCUT2D eigenvalue weighted by Gasteiger charge is 2.31. The summed E-state index contributed by atoms with van der Waals surface area (Å²) in [5.74, 6) is -0.995. The van der Waals surface area contributed by atoms with E-state index >= 15 is 0 Å². The van der Waals surface area contributed by atoms with Gasteiger partial charge in [0.1, 0.15) is 5.82 Å². The Morgan fingerprint density at radius 2 is 2.20 bits per heavy atom. The van der Waals surface area contributed by atoms with Crippen LogP contribution in [0.2, 0.25) is 0 Å². The molecule has 1 aromatic rings. The lowest BCUT2D eigenvalue weighted by molar-refractivity contribution is -0.122. The molecule has 0 aliphatic carbocycles. The maximum Gasteiger partial charge on any atom is 0.222 e. The second kappa shape index (κ2) is 5.79. The highest BCUT2D eigenvalue weighted by molar-refractivity contribution is 5.78. The van der Waals surface area contributed by atoms with Gasteiger partial charge in [-0.05, 0) is 32.8 Å². The van der Waals surface area contributed by atoms with Gasteiger partial charge in [0.2, 0.25) is 5.91 Å². The van der Waals surface area contributed by atoms with E-state index in [1.807, 2.05) is 11.8 Å². The Labute approximate surface area is 118 Å². The fraction of sp³-hybridized carbons (Fsp3) is 0.533. The molecule has 20 heavy (non-hydrogen) atoms. The summed E-state index contributed by atoms with van der Waals surface area (Å²) < 4.78 is 14.2. The number of carbonyl (C=O) groups excluding carboxylic acids is 1. The van der Waals surface area contributed by atoms with Crippen molar-refractivity contribution in [1.29, 1.82) is 0 Å². The first-order valence-corrected chi connectivity index (χ1v) is 6.94. The first-order chi connectivity index (χ1) is 9.41. The number of hydrogen-bond donors (Lipinski definition) is 2. The fourth-order valence-electron chi connectivity index (χ4n) is 2.82. The molecule has 1 saturated heterocycles. The molecule has 1 heterocycles. The van der Waals surface area contributed by atoms with Gasteiger partial charge in [-0.3, -0.25) is 4.79 Å². The number of primary amides is 1. The van der Waals surface area contributed by atoms with Gasteiger partial charge in [0.05, 0.1) is 17.7 Å². The number of aliphatic hydroxyl groups is 1. The molecule has 0 spiro atoms. The van der Waals surface area contributed by atoms with Crippen LogP contribution in [0.3, 0.4) is 0 Å². The minimum absolute atomic E-state index is 0.111. The second-order valence-electron chi connectivity index (χ2n) is 5.53. The molecule has 0 radical (unpaired) electrons. The molecule has 3 atom stereocenters. The maximum absolute atomic E-state index is 14.2. The van der Waals surface area contributed by atoms with E-state index in [1.54, 1.807) is 19.1 Å². The van der Waals surface area contributed by atoms with Crippen molar-refractivity contribution in [3.8, 4) is 0 Å². The minimum atomic E-state index is -0.762. The quantitative estimate of drug-likeness (QED) is 0.889. The van der Waals surface area contributed by atoms with Crippen LogP contribution in [0.4, 0.5) is 10.1 Å². The van der Waals surface area contributed by atoms with Gasteiger partial charge in [0.15, 0.2) is 0 Å². The Hall–Kier alpha value is -1.62. The molecule has 1 fully saturated rings. The average Bonchev–Trinajstić information content (AvgIpc) is 2.39. The maximum atomic E-state index is 14.2. The van der Waals surface area contributed by atoms with Crippen molar-refractivity contribution in [1.82, 2.24) is 0 Å². The second-order valence-corrected chi connectivity index (χ2v) is 5.53. The highest BCUT2D eigenvalue weighted by atomic mass is 19.1. The van der Waals surface area contributed by atoms with E-state index in [4.69, 9.17) is 5.73 Å². The number of carbonyl (C=O) groups is 1. The van der Waals surface area contributed by atoms with Crippen molar-refractivity contribution in [3.05, 3.63) is 29.6 Å². The summed E-state index contributed by atoms with van der Waals surface area (Å²) in [6.07, 6.45) is 0.744. The first kappa shape index (κ1) is 14.8. The number of amides is 1. The van der Waals surface area contributed by atoms with Gasteiger partial charge >= 0.3 is 0 Å². The number of para-hydroxylation sites is 1. The number of anilines is 1. The van der Waals surface area contributed by atoms with Crippen LogP contribution < -0.4 is 10.6 Å². The van der Waals surface area contributed by atoms with E-state index in [9.17, 15) is 14.3 Å². The van der Waals surface area contributed by atoms with Crippen molar-refractivity contribution in [2.24, 2.45) is 11.7 Å². The zero-order chi connectivity index (χ0) is 14.9. The van der Waals surface area contributed by atoms with Crippen molar-refractivity contribution in [2.75, 3.05) is 11.4 Å². The summed E-state index contributed by atoms with van der Waals surface area (Å²) in [4.78, 5) is 13.3. The molecule has 110 valence electrons. The van der Waals surface area contributed by atoms with Crippen LogP contribution in [0.25, 0.3) is 0 Å². The van der Waals surface area contributed by atoms with Gasteiger partial charge in [-0.25, -0.2) is 4.39 Å². The van der Waals surface area contributed by atoms with Crippen LogP contribution in [0, 0.1) is 11.7 Å². The number of rotatable bonds is 3. The van der Waals surface area contributed by atoms with E-state index < -0.39 is 6.10 Å². The Kier molecular flexibility index (Phi) is 4.28. The van der Waals surface area contributed by atoms with E-state index in [0.717, 1.165) is 12.8 Å². The lowest BCUT2D eigenvalue weighted by atomic mass is 9.91. The number of hydrogen-bond acceptors (Lipinski definition) is 3. The lowest BCUT2D eigenvalue weighted by Crippen LogP contribution is -2.46. The standard InChI is InChI=1S/C15H21FN2O2/c1-9-6-7-11(15(17)20)8-18(9)14-12(10(2)19)4-3-5-13(14)16/h3-5,9-11,19H,6-8H2,1-2H3,(H2,17,20). The zero-order valence-corrected chi connectivity index (χ0v) is 11.8. The molecule has 1 aromatic carbocycles. The van der Waals surface area contributed by atoms with E-state index in [-0.39, 0.29) is 23.7 Å². The van der Waals surface area contributed by atoms with Crippen molar-refractivity contribution in [3.63, 3.8) is 0 Å². The van der Waals surface area contributed by atoms with Gasteiger partial charge in [-0.2, -0.15) is 0 Å². The Morgan fingerprint density at radius 1 is 1.50 bits per heavy atom. The van der Waals surface area contributed by atoms with E-state index in [2.05, 4.69) is 0 Å². The molecule has 5 heteroatoms. The predicted molar refractivity (Wildman–Crippen MR) is 75.8 cm³/mol. The molecule has 1 aliphatic heterocycles. The van der Waals surface area contributed by atoms with Gasteiger partial charge < -0.3 is 15.7 Å². The van der Waals surface area contributed by atoms with Gasteiger partial charge in [-0.15, -0.1) is 0 Å². The molecule has 0 aromatic heterocycles. The number of halogens is 1. The summed E-state index contributed by atoms with van der Waals surface area (Å²) in [6, 6.07) is 4.78. The zero-order valence-electron chi connectivity index (χ0n) is 11.8. The molecule has 1 amide bonds. The predicted octanol–water partition coefficient (Wildman–Crippen LogP) is 1.97. The molecule has 2 rings (SSSR count). The number of nitrogens with zero attached hydrogens (tertiary/aromatic N) is 1. The Morgan fingerprint density at radius 3 is 2.80 bits per heavy atom. The number of piperidine rings is 1. The van der Waals surface area contributed by atoms with Crippen LogP contribution in [-0.2, 0) is 4.79 Å². The third-order valence-corrected chi connectivity index (χ3v) is 4.04. The monoisotopic (exact) mass is 280 g/mol. The third-order valence-electron chi connectivity index (χ3n) is 4.04. The largest absolute Gasteiger partial charge is 0.389 e. The molecule has 3 unspecified atom stereocenters. The molecule has 1 aliphatic rings. The average molecular weight is 280 g/mol. The van der Waals surface area contributed by atoms with Gasteiger partial charge in [0, 0.05) is 18.2 Å². The van der Waals surface area contributed by atoms with Crippen molar-refractivity contribution >= 4 is 11.6 Å². The summed E-state index contributed by atoms with van der Waals surface area (Å²) in [6.45, 7) is 4.01. The van der Waals surface area contributed by atoms with Crippen LogP contribution in [-0.4, -0.2) is 23.6 Å². The molecule has 4 nitrogen and oxygen atoms in total. The molecule has 0 bridgehead atoms. The van der Waals surface area contributed by atoms with E-state index in [0.29, 0.717) is 17.8 Å². The Bertz CT molecular complexity index is 505. The van der Waals surface area contributed by atoms with Crippen LogP contribution in [0.15, 0.2) is 18.2 Å². The summed E-state index contributed by atoms with van der Waals surface area (Å²) in [7, 11) is 0. The van der Waals surface area contributed by atoms with Crippen molar-refractivity contribution in [2.45, 2.75) is 38.8 Å². The topological polar surface area (TPSA) is 66.6 Å². The lowest BCUT2D eigenvalue weighted by Gasteiger charge is -2.40. The molecule has 0 saturated carbocycles. The summed E-state index contributed by atoms with van der Waals surface area (Å²) in [5.41, 5.74) is 6.31. The van der Waals surface area contributed by atoms with Crippen molar-refractivity contribution < 1.29 is 14.3 Å². The molecule has 3 N–H and O–H groups in total.